The van der Waals surface area contributed by atoms with Gasteiger partial charge in [-0.1, -0.05) is 32.0 Å². The fourth-order valence-electron chi connectivity index (χ4n) is 2.36. The van der Waals surface area contributed by atoms with Gasteiger partial charge in [0.2, 0.25) is 17.5 Å². The first-order chi connectivity index (χ1) is 10.2. The molecule has 0 aliphatic heterocycles. The second-order valence-electron chi connectivity index (χ2n) is 6.26. The minimum absolute atomic E-state index is 0.326. The van der Waals surface area contributed by atoms with Crippen LogP contribution in [0.15, 0.2) is 34.7 Å². The molecule has 22 heavy (non-hydrogen) atoms. The minimum Gasteiger partial charge on any atom is -0.441 e. The van der Waals surface area contributed by atoms with E-state index >= 15 is 0 Å². The Balaban J connectivity index is 2.42. The van der Waals surface area contributed by atoms with Crippen LogP contribution in [0.5, 0.6) is 0 Å². The van der Waals surface area contributed by atoms with Crippen molar-refractivity contribution in [2.45, 2.75) is 40.0 Å². The number of Topliss-reactive ketones (excluding diaryl/α,β-unsaturated/α-hetero) is 2. The summed E-state index contributed by atoms with van der Waals surface area (Å²) in [7, 11) is 0. The number of aryl methyl sites for hydroxylation is 1. The van der Waals surface area contributed by atoms with Crippen LogP contribution in [0.2, 0.25) is 0 Å². The summed E-state index contributed by atoms with van der Waals surface area (Å²) in [6.45, 7) is 8.65. The van der Waals surface area contributed by atoms with Gasteiger partial charge in [0.1, 0.15) is 5.76 Å². The van der Waals surface area contributed by atoms with Gasteiger partial charge in [-0.25, -0.2) is 4.98 Å². The summed E-state index contributed by atoms with van der Waals surface area (Å²) in [5.41, 5.74) is 0.364. The molecule has 4 nitrogen and oxygen atoms in total. The SMILES string of the molecule is Cc1oc(-c2ccccc2)nc1C(C)(C)C(=O)C(=O)C(C)C. The summed E-state index contributed by atoms with van der Waals surface area (Å²) in [4.78, 5) is 29.0. The van der Waals surface area contributed by atoms with Crippen molar-refractivity contribution in [2.75, 3.05) is 0 Å². The molecule has 0 fully saturated rings. The van der Waals surface area contributed by atoms with Crippen molar-refractivity contribution < 1.29 is 14.0 Å². The number of ketones is 2. The van der Waals surface area contributed by atoms with E-state index in [0.717, 1.165) is 5.56 Å². The van der Waals surface area contributed by atoms with Crippen LogP contribution >= 0.6 is 0 Å². The smallest absolute Gasteiger partial charge is 0.226 e. The molecule has 0 N–H and O–H groups in total. The maximum absolute atomic E-state index is 12.5. The predicted molar refractivity (Wildman–Crippen MR) is 84.6 cm³/mol. The summed E-state index contributed by atoms with van der Waals surface area (Å²) >= 11 is 0. The van der Waals surface area contributed by atoms with E-state index in [9.17, 15) is 9.59 Å². The summed E-state index contributed by atoms with van der Waals surface area (Å²) in [5, 5.41) is 0. The highest BCUT2D eigenvalue weighted by Crippen LogP contribution is 2.31. The molecule has 0 aliphatic carbocycles. The van der Waals surface area contributed by atoms with E-state index in [4.69, 9.17) is 4.42 Å². The van der Waals surface area contributed by atoms with Crippen molar-refractivity contribution in [3.05, 3.63) is 41.8 Å². The van der Waals surface area contributed by atoms with Gasteiger partial charge in [0.05, 0.1) is 11.1 Å². The highest BCUT2D eigenvalue weighted by molar-refractivity contribution is 6.40. The molecular formula is C18H21NO3. The van der Waals surface area contributed by atoms with Gasteiger partial charge in [-0.3, -0.25) is 9.59 Å². The Hall–Kier alpha value is -2.23. The molecule has 116 valence electrons. The van der Waals surface area contributed by atoms with Crippen molar-refractivity contribution >= 4 is 11.6 Å². The molecule has 2 rings (SSSR count). The minimum atomic E-state index is -0.998. The molecule has 1 aromatic carbocycles. The lowest BCUT2D eigenvalue weighted by atomic mass is 9.79. The third kappa shape index (κ3) is 2.86. The normalized spacial score (nSPS) is 11.7. The number of benzene rings is 1. The van der Waals surface area contributed by atoms with Gasteiger partial charge in [0, 0.05) is 11.5 Å². The highest BCUT2D eigenvalue weighted by atomic mass is 16.4. The number of aromatic nitrogens is 1. The maximum Gasteiger partial charge on any atom is 0.226 e. The molecule has 0 saturated carbocycles. The summed E-state index contributed by atoms with van der Waals surface area (Å²) in [6.07, 6.45) is 0. The van der Waals surface area contributed by atoms with Gasteiger partial charge < -0.3 is 4.42 Å². The van der Waals surface area contributed by atoms with E-state index in [1.54, 1.807) is 34.6 Å². The van der Waals surface area contributed by atoms with Gasteiger partial charge in [-0.05, 0) is 32.9 Å². The third-order valence-corrected chi connectivity index (χ3v) is 3.73. The van der Waals surface area contributed by atoms with Crippen LogP contribution in [0.4, 0.5) is 0 Å². The van der Waals surface area contributed by atoms with Gasteiger partial charge in [-0.15, -0.1) is 0 Å². The lowest BCUT2D eigenvalue weighted by Gasteiger charge is -2.21. The molecule has 0 saturated heterocycles. The zero-order valence-electron chi connectivity index (χ0n) is 13.6. The van der Waals surface area contributed by atoms with E-state index < -0.39 is 11.2 Å². The Morgan fingerprint density at radius 3 is 2.27 bits per heavy atom. The van der Waals surface area contributed by atoms with Crippen molar-refractivity contribution in [3.63, 3.8) is 0 Å². The molecule has 0 radical (unpaired) electrons. The van der Waals surface area contributed by atoms with E-state index in [-0.39, 0.29) is 11.7 Å². The summed E-state index contributed by atoms with van der Waals surface area (Å²) < 4.78 is 5.70. The van der Waals surface area contributed by atoms with E-state index in [0.29, 0.717) is 17.3 Å². The molecule has 4 heteroatoms. The van der Waals surface area contributed by atoms with Crippen LogP contribution in [0.3, 0.4) is 0 Å². The molecular weight excluding hydrogens is 278 g/mol. The Morgan fingerprint density at radius 2 is 1.73 bits per heavy atom. The van der Waals surface area contributed by atoms with Crippen molar-refractivity contribution in [2.24, 2.45) is 5.92 Å². The van der Waals surface area contributed by atoms with Gasteiger partial charge in [0.15, 0.2) is 0 Å². The van der Waals surface area contributed by atoms with E-state index in [1.807, 2.05) is 30.3 Å². The standard InChI is InChI=1S/C18H21NO3/c1-11(2)14(20)16(21)18(4,5)15-12(3)22-17(19-15)13-9-7-6-8-10-13/h6-11H,1-5H3. The molecule has 0 unspecified atom stereocenters. The summed E-state index contributed by atoms with van der Waals surface area (Å²) in [6, 6.07) is 9.49. The Morgan fingerprint density at radius 1 is 1.14 bits per heavy atom. The molecule has 0 spiro atoms. The second kappa shape index (κ2) is 5.87. The van der Waals surface area contributed by atoms with Gasteiger partial charge >= 0.3 is 0 Å². The number of carbonyl (C=O) groups excluding carboxylic acids is 2. The Bertz CT molecular complexity index is 696. The number of hydrogen-bond acceptors (Lipinski definition) is 4. The monoisotopic (exact) mass is 299 g/mol. The van der Waals surface area contributed by atoms with Crippen LogP contribution in [0.1, 0.15) is 39.1 Å². The predicted octanol–water partition coefficient (Wildman–Crippen LogP) is 3.72. The highest BCUT2D eigenvalue weighted by Gasteiger charge is 2.39. The third-order valence-electron chi connectivity index (χ3n) is 3.73. The van der Waals surface area contributed by atoms with Crippen molar-refractivity contribution in [1.82, 2.24) is 4.98 Å². The van der Waals surface area contributed by atoms with Crippen LogP contribution in [0, 0.1) is 12.8 Å². The Labute approximate surface area is 130 Å². The van der Waals surface area contributed by atoms with Crippen molar-refractivity contribution in [1.29, 1.82) is 0 Å². The Kier molecular flexibility index (Phi) is 4.31. The van der Waals surface area contributed by atoms with Crippen LogP contribution in [0.25, 0.3) is 11.5 Å². The number of oxazole rings is 1. The average Bonchev–Trinajstić information content (AvgIpc) is 2.89. The molecule has 2 aromatic rings. The molecule has 0 aliphatic rings. The topological polar surface area (TPSA) is 60.2 Å². The average molecular weight is 299 g/mol. The molecule has 0 atom stereocenters. The molecule has 0 bridgehead atoms. The van der Waals surface area contributed by atoms with Crippen LogP contribution in [-0.4, -0.2) is 16.6 Å². The van der Waals surface area contributed by atoms with Gasteiger partial charge in [0.25, 0.3) is 0 Å². The number of hydrogen-bond donors (Lipinski definition) is 0. The van der Waals surface area contributed by atoms with Crippen molar-refractivity contribution in [3.8, 4) is 11.5 Å². The lowest BCUT2D eigenvalue weighted by molar-refractivity contribution is -0.141. The first-order valence-corrected chi connectivity index (χ1v) is 7.37. The fraction of sp³-hybridized carbons (Fsp3) is 0.389. The maximum atomic E-state index is 12.5. The summed E-state index contributed by atoms with van der Waals surface area (Å²) in [5.74, 6) is -0.112. The zero-order valence-corrected chi connectivity index (χ0v) is 13.6. The fourth-order valence-corrected chi connectivity index (χ4v) is 2.36. The number of carbonyl (C=O) groups is 2. The molecule has 1 aromatic heterocycles. The second-order valence-corrected chi connectivity index (χ2v) is 6.26. The lowest BCUT2D eigenvalue weighted by Crippen LogP contribution is -2.38. The van der Waals surface area contributed by atoms with E-state index in [1.165, 1.54) is 0 Å². The largest absolute Gasteiger partial charge is 0.441 e. The number of nitrogens with zero attached hydrogens (tertiary/aromatic N) is 1. The van der Waals surface area contributed by atoms with Crippen LogP contribution < -0.4 is 0 Å². The number of rotatable bonds is 5. The molecule has 1 heterocycles. The quantitative estimate of drug-likeness (QED) is 0.789. The van der Waals surface area contributed by atoms with Crippen LogP contribution in [-0.2, 0) is 15.0 Å². The molecule has 0 amide bonds. The first-order valence-electron chi connectivity index (χ1n) is 7.37. The zero-order chi connectivity index (χ0) is 16.5. The van der Waals surface area contributed by atoms with E-state index in [2.05, 4.69) is 4.98 Å². The first kappa shape index (κ1) is 16.1. The van der Waals surface area contributed by atoms with Gasteiger partial charge in [-0.2, -0.15) is 0 Å².